The fraction of sp³-hybridized carbons (Fsp3) is 0.652. The molecule has 0 unspecified atom stereocenters. The van der Waals surface area contributed by atoms with Crippen LogP contribution < -0.4 is 10.6 Å². The van der Waals surface area contributed by atoms with E-state index in [9.17, 15) is 4.79 Å². The topological polar surface area (TPSA) is 60.0 Å². The van der Waals surface area contributed by atoms with Gasteiger partial charge in [0.25, 0.3) is 0 Å². The molecule has 0 bridgehead atoms. The van der Waals surface area contributed by atoms with Crippen LogP contribution in [0.15, 0.2) is 29.3 Å². The summed E-state index contributed by atoms with van der Waals surface area (Å²) in [5, 5.41) is 6.84. The summed E-state index contributed by atoms with van der Waals surface area (Å²) in [4.78, 5) is 21.3. The van der Waals surface area contributed by atoms with Crippen LogP contribution in [0.4, 0.5) is 0 Å². The van der Waals surface area contributed by atoms with Gasteiger partial charge < -0.3 is 15.5 Å². The maximum absolute atomic E-state index is 12.7. The molecule has 1 aliphatic heterocycles. The van der Waals surface area contributed by atoms with Crippen molar-refractivity contribution in [2.75, 3.05) is 47.3 Å². The van der Waals surface area contributed by atoms with Crippen molar-refractivity contribution in [1.82, 2.24) is 20.4 Å². The normalized spacial score (nSPS) is 18.3. The number of nitrogens with one attached hydrogen (secondary N) is 2. The van der Waals surface area contributed by atoms with E-state index in [1.807, 2.05) is 14.1 Å². The second-order valence-electron chi connectivity index (χ2n) is 8.69. The quantitative estimate of drug-likeness (QED) is 0.248. The van der Waals surface area contributed by atoms with Gasteiger partial charge in [-0.15, -0.1) is 24.0 Å². The highest BCUT2D eigenvalue weighted by atomic mass is 127. The summed E-state index contributed by atoms with van der Waals surface area (Å²) in [5.74, 6) is 1.04. The van der Waals surface area contributed by atoms with Crippen LogP contribution in [0.1, 0.15) is 43.2 Å². The van der Waals surface area contributed by atoms with Crippen LogP contribution in [-0.4, -0.2) is 69.0 Å². The lowest BCUT2D eigenvalue weighted by molar-refractivity contribution is -0.138. The first-order valence-electron chi connectivity index (χ1n) is 11.0. The van der Waals surface area contributed by atoms with Gasteiger partial charge in [0.05, 0.1) is 5.41 Å². The van der Waals surface area contributed by atoms with Gasteiger partial charge in [0.15, 0.2) is 5.96 Å². The molecule has 7 heteroatoms. The number of aliphatic imine (C=N–C) groups is 1. The smallest absolute Gasteiger partial charge is 0.230 e. The van der Waals surface area contributed by atoms with E-state index in [1.54, 1.807) is 11.9 Å². The molecule has 0 spiro atoms. The van der Waals surface area contributed by atoms with Gasteiger partial charge in [-0.2, -0.15) is 0 Å². The van der Waals surface area contributed by atoms with E-state index in [1.165, 1.54) is 11.1 Å². The highest BCUT2D eigenvalue weighted by molar-refractivity contribution is 14.0. The number of guanidine groups is 1. The molecular formula is C23H38IN5O. The van der Waals surface area contributed by atoms with Crippen molar-refractivity contribution < 1.29 is 4.79 Å². The summed E-state index contributed by atoms with van der Waals surface area (Å²) in [6, 6.07) is 8.78. The van der Waals surface area contributed by atoms with Crippen LogP contribution in [0.2, 0.25) is 0 Å². The number of amides is 1. The number of rotatable bonds is 7. The SMILES string of the molecule is CN=C(NCCCN1CCc2ccccc2C1)NCC1(C(=O)N(C)C)CCCC1.I. The van der Waals surface area contributed by atoms with Crippen molar-refractivity contribution in [2.24, 2.45) is 10.4 Å². The fourth-order valence-electron chi connectivity index (χ4n) is 4.72. The van der Waals surface area contributed by atoms with Crippen LogP contribution in [0, 0.1) is 5.41 Å². The van der Waals surface area contributed by atoms with Crippen LogP contribution in [0.3, 0.4) is 0 Å². The molecule has 1 aliphatic carbocycles. The molecule has 3 rings (SSSR count). The zero-order chi connectivity index (χ0) is 20.7. The van der Waals surface area contributed by atoms with Gasteiger partial charge in [-0.3, -0.25) is 14.7 Å². The molecule has 1 aromatic rings. The molecule has 0 saturated heterocycles. The Balaban J connectivity index is 0.00000320. The van der Waals surface area contributed by atoms with Gasteiger partial charge in [-0.25, -0.2) is 0 Å². The standard InChI is InChI=1S/C23H37N5O.HI/c1-24-22(26-18-23(12-6-7-13-23)21(29)27(2)3)25-14-8-15-28-16-11-19-9-4-5-10-20(19)17-28;/h4-5,9-10H,6-8,11-18H2,1-3H3,(H2,24,25,26);1H. The zero-order valence-electron chi connectivity index (χ0n) is 18.7. The molecule has 0 radical (unpaired) electrons. The third-order valence-corrected chi connectivity index (χ3v) is 6.39. The summed E-state index contributed by atoms with van der Waals surface area (Å²) in [7, 11) is 5.51. The Morgan fingerprint density at radius 3 is 2.53 bits per heavy atom. The van der Waals surface area contributed by atoms with E-state index >= 15 is 0 Å². The maximum Gasteiger partial charge on any atom is 0.230 e. The lowest BCUT2D eigenvalue weighted by atomic mass is 9.84. The first kappa shape index (κ1) is 24.9. The summed E-state index contributed by atoms with van der Waals surface area (Å²) in [6.45, 7) is 4.82. The Hall–Kier alpha value is -1.35. The number of nitrogens with zero attached hydrogens (tertiary/aromatic N) is 3. The summed E-state index contributed by atoms with van der Waals surface area (Å²) >= 11 is 0. The molecule has 1 amide bonds. The van der Waals surface area contributed by atoms with Crippen LogP contribution in [0.25, 0.3) is 0 Å². The van der Waals surface area contributed by atoms with Crippen LogP contribution >= 0.6 is 24.0 Å². The van der Waals surface area contributed by atoms with Crippen molar-refractivity contribution in [3.8, 4) is 0 Å². The highest BCUT2D eigenvalue weighted by Gasteiger charge is 2.42. The Kier molecular flexibility index (Phi) is 9.87. The highest BCUT2D eigenvalue weighted by Crippen LogP contribution is 2.38. The predicted molar refractivity (Wildman–Crippen MR) is 134 cm³/mol. The van der Waals surface area contributed by atoms with Crippen LogP contribution in [-0.2, 0) is 17.8 Å². The molecule has 0 atom stereocenters. The van der Waals surface area contributed by atoms with Gasteiger partial charge in [-0.1, -0.05) is 37.1 Å². The third kappa shape index (κ3) is 6.33. The van der Waals surface area contributed by atoms with Gasteiger partial charge in [-0.05, 0) is 36.8 Å². The largest absolute Gasteiger partial charge is 0.356 e. The van der Waals surface area contributed by atoms with E-state index in [0.29, 0.717) is 6.54 Å². The minimum atomic E-state index is -0.275. The Bertz CT molecular complexity index is 715. The van der Waals surface area contributed by atoms with Crippen molar-refractivity contribution in [3.05, 3.63) is 35.4 Å². The van der Waals surface area contributed by atoms with Crippen LogP contribution in [0.5, 0.6) is 0 Å². The fourth-order valence-corrected chi connectivity index (χ4v) is 4.72. The molecule has 2 aliphatic rings. The molecule has 2 N–H and O–H groups in total. The molecule has 1 heterocycles. The number of halogens is 1. The lowest BCUT2D eigenvalue weighted by Crippen LogP contribution is -2.49. The van der Waals surface area contributed by atoms with E-state index < -0.39 is 0 Å². The summed E-state index contributed by atoms with van der Waals surface area (Å²) < 4.78 is 0. The van der Waals surface area contributed by atoms with Gasteiger partial charge in [0.2, 0.25) is 5.91 Å². The van der Waals surface area contributed by atoms with Gasteiger partial charge in [0.1, 0.15) is 0 Å². The number of carbonyl (C=O) groups excluding carboxylic acids is 1. The summed E-state index contributed by atoms with van der Waals surface area (Å²) in [5.41, 5.74) is 2.69. The first-order valence-corrected chi connectivity index (χ1v) is 11.0. The molecule has 0 aromatic heterocycles. The minimum Gasteiger partial charge on any atom is -0.356 e. The van der Waals surface area contributed by atoms with Crippen molar-refractivity contribution in [2.45, 2.75) is 45.1 Å². The van der Waals surface area contributed by atoms with E-state index in [4.69, 9.17) is 0 Å². The van der Waals surface area contributed by atoms with E-state index in [-0.39, 0.29) is 35.3 Å². The molecule has 1 aromatic carbocycles. The molecule has 1 saturated carbocycles. The third-order valence-electron chi connectivity index (χ3n) is 6.39. The Labute approximate surface area is 198 Å². The number of carbonyl (C=O) groups is 1. The lowest BCUT2D eigenvalue weighted by Gasteiger charge is -2.31. The van der Waals surface area contributed by atoms with E-state index in [2.05, 4.69) is 44.8 Å². The first-order chi connectivity index (χ1) is 14.0. The summed E-state index contributed by atoms with van der Waals surface area (Å²) in [6.07, 6.45) is 6.41. The number of hydrogen-bond acceptors (Lipinski definition) is 3. The Morgan fingerprint density at radius 2 is 1.87 bits per heavy atom. The van der Waals surface area contributed by atoms with Gasteiger partial charge in [0, 0.05) is 53.9 Å². The van der Waals surface area contributed by atoms with Crippen molar-refractivity contribution >= 4 is 35.8 Å². The molecule has 168 valence electrons. The molecule has 6 nitrogen and oxygen atoms in total. The second-order valence-corrected chi connectivity index (χ2v) is 8.69. The number of benzene rings is 1. The van der Waals surface area contributed by atoms with Gasteiger partial charge >= 0.3 is 0 Å². The molecule has 1 fully saturated rings. The monoisotopic (exact) mass is 527 g/mol. The van der Waals surface area contributed by atoms with Crippen molar-refractivity contribution in [1.29, 1.82) is 0 Å². The number of fused-ring (bicyclic) bond motifs is 1. The maximum atomic E-state index is 12.7. The average Bonchev–Trinajstić information content (AvgIpc) is 3.22. The molecular weight excluding hydrogens is 489 g/mol. The molecule has 30 heavy (non-hydrogen) atoms. The predicted octanol–water partition coefficient (Wildman–Crippen LogP) is 2.87. The van der Waals surface area contributed by atoms with Crippen molar-refractivity contribution in [3.63, 3.8) is 0 Å². The number of hydrogen-bond donors (Lipinski definition) is 2. The average molecular weight is 527 g/mol. The van der Waals surface area contributed by atoms with E-state index in [0.717, 1.165) is 70.7 Å². The second kappa shape index (κ2) is 11.9. The Morgan fingerprint density at radius 1 is 1.17 bits per heavy atom. The zero-order valence-corrected chi connectivity index (χ0v) is 21.1. The minimum absolute atomic E-state index is 0.